The molecule has 0 aromatic heterocycles. The van der Waals surface area contributed by atoms with Gasteiger partial charge >= 0.3 is 6.09 Å². The number of rotatable bonds is 4. The van der Waals surface area contributed by atoms with E-state index in [9.17, 15) is 4.79 Å². The van der Waals surface area contributed by atoms with Crippen molar-refractivity contribution in [1.29, 1.82) is 0 Å². The van der Waals surface area contributed by atoms with E-state index in [2.05, 4.69) is 0 Å². The number of carbonyl (C=O) groups is 1. The maximum atomic E-state index is 12.4. The van der Waals surface area contributed by atoms with Gasteiger partial charge in [-0.3, -0.25) is 4.90 Å². The Morgan fingerprint density at radius 1 is 1.25 bits per heavy atom. The van der Waals surface area contributed by atoms with Crippen LogP contribution in [0.2, 0.25) is 5.02 Å². The maximum Gasteiger partial charge on any atom is 0.411 e. The molecule has 0 radical (unpaired) electrons. The van der Waals surface area contributed by atoms with Crippen LogP contribution in [0.25, 0.3) is 0 Å². The van der Waals surface area contributed by atoms with E-state index >= 15 is 0 Å². The van der Waals surface area contributed by atoms with Crippen molar-refractivity contribution in [2.24, 2.45) is 0 Å². The molecular formula is C19H21ClN2O2. The molecule has 24 heavy (non-hydrogen) atoms. The number of halogens is 1. The Balaban J connectivity index is 1.76. The minimum absolute atomic E-state index is 0.290. The van der Waals surface area contributed by atoms with E-state index in [0.717, 1.165) is 23.2 Å². The lowest BCUT2D eigenvalue weighted by Gasteiger charge is -2.33. The van der Waals surface area contributed by atoms with Gasteiger partial charge in [0.25, 0.3) is 0 Å². The van der Waals surface area contributed by atoms with Crippen molar-refractivity contribution in [1.82, 2.24) is 4.90 Å². The third kappa shape index (κ3) is 3.49. The van der Waals surface area contributed by atoms with E-state index in [-0.39, 0.29) is 17.7 Å². The van der Waals surface area contributed by atoms with Gasteiger partial charge in [-0.15, -0.1) is 0 Å². The molecule has 4 nitrogen and oxygen atoms in total. The minimum atomic E-state index is -0.361. The molecule has 1 aliphatic rings. The lowest BCUT2D eigenvalue weighted by molar-refractivity contribution is 0.116. The summed E-state index contributed by atoms with van der Waals surface area (Å²) in [6.07, 6.45) is 0.146. The summed E-state index contributed by atoms with van der Waals surface area (Å²) in [4.78, 5) is 14.2. The Hall–Kier alpha value is -2.20. The van der Waals surface area contributed by atoms with Gasteiger partial charge in [0, 0.05) is 16.2 Å². The summed E-state index contributed by atoms with van der Waals surface area (Å²) in [5.74, 6) is 0. The first-order valence-corrected chi connectivity index (χ1v) is 8.31. The number of hydrogen-bond acceptors (Lipinski definition) is 3. The number of carbonyl (C=O) groups excluding carboxylic acids is 1. The molecule has 0 unspecified atom stereocenters. The Labute approximate surface area is 147 Å². The van der Waals surface area contributed by atoms with Gasteiger partial charge in [0.1, 0.15) is 6.10 Å². The smallest absolute Gasteiger partial charge is 0.411 e. The SMILES string of the molecule is CC(C)(Cc1ccc(N)cc1)N1C[C@@H](c2cccc(Cl)c2)OC1=O. The monoisotopic (exact) mass is 344 g/mol. The standard InChI is InChI=1S/C19H21ClN2O2/c1-19(2,11-13-6-8-16(21)9-7-13)22-12-17(24-18(22)23)14-4-3-5-15(20)10-14/h3-10,17H,11-12,21H2,1-2H3/t17-/m0/s1. The van der Waals surface area contributed by atoms with Gasteiger partial charge in [0.05, 0.1) is 6.54 Å². The predicted octanol–water partition coefficient (Wildman–Crippen LogP) is 4.44. The summed E-state index contributed by atoms with van der Waals surface area (Å²) >= 11 is 6.04. The third-order valence-corrected chi connectivity index (χ3v) is 4.61. The van der Waals surface area contributed by atoms with Crippen molar-refractivity contribution in [3.05, 3.63) is 64.7 Å². The molecule has 1 heterocycles. The average Bonchev–Trinajstić information content (AvgIpc) is 2.92. The van der Waals surface area contributed by atoms with E-state index in [1.165, 1.54) is 0 Å². The van der Waals surface area contributed by atoms with E-state index in [1.54, 1.807) is 4.90 Å². The highest BCUT2D eigenvalue weighted by molar-refractivity contribution is 6.30. The van der Waals surface area contributed by atoms with Gasteiger partial charge in [-0.1, -0.05) is 35.9 Å². The minimum Gasteiger partial charge on any atom is -0.439 e. The van der Waals surface area contributed by atoms with Gasteiger partial charge in [-0.25, -0.2) is 4.79 Å². The number of amides is 1. The fourth-order valence-corrected chi connectivity index (χ4v) is 3.27. The van der Waals surface area contributed by atoms with Crippen LogP contribution < -0.4 is 5.73 Å². The van der Waals surface area contributed by atoms with Gasteiger partial charge in [-0.2, -0.15) is 0 Å². The molecule has 2 aromatic carbocycles. The summed E-state index contributed by atoms with van der Waals surface area (Å²) in [7, 11) is 0. The molecule has 2 aromatic rings. The van der Waals surface area contributed by atoms with Gasteiger partial charge < -0.3 is 10.5 Å². The molecule has 2 N–H and O–H groups in total. The van der Waals surface area contributed by atoms with Gasteiger partial charge in [0.2, 0.25) is 0 Å². The van der Waals surface area contributed by atoms with Crippen molar-refractivity contribution in [2.75, 3.05) is 12.3 Å². The van der Waals surface area contributed by atoms with Crippen LogP contribution >= 0.6 is 11.6 Å². The van der Waals surface area contributed by atoms with Crippen molar-refractivity contribution in [3.63, 3.8) is 0 Å². The summed E-state index contributed by atoms with van der Waals surface area (Å²) in [5, 5.41) is 0.642. The highest BCUT2D eigenvalue weighted by Gasteiger charge is 2.41. The molecule has 1 fully saturated rings. The number of ether oxygens (including phenoxy) is 1. The van der Waals surface area contributed by atoms with Crippen molar-refractivity contribution < 1.29 is 9.53 Å². The van der Waals surface area contributed by atoms with Crippen LogP contribution in [0.3, 0.4) is 0 Å². The largest absolute Gasteiger partial charge is 0.439 e. The Morgan fingerprint density at radius 3 is 2.62 bits per heavy atom. The quantitative estimate of drug-likeness (QED) is 0.834. The van der Waals surface area contributed by atoms with Gasteiger partial charge in [-0.05, 0) is 55.7 Å². The molecule has 5 heteroatoms. The van der Waals surface area contributed by atoms with Crippen LogP contribution in [-0.4, -0.2) is 23.1 Å². The topological polar surface area (TPSA) is 55.6 Å². The summed E-state index contributed by atoms with van der Waals surface area (Å²) in [6, 6.07) is 15.2. The Bertz CT molecular complexity index is 743. The number of nitrogen functional groups attached to an aromatic ring is 1. The number of benzene rings is 2. The lowest BCUT2D eigenvalue weighted by Crippen LogP contribution is -2.46. The lowest BCUT2D eigenvalue weighted by atomic mass is 9.92. The highest BCUT2D eigenvalue weighted by Crippen LogP contribution is 2.33. The molecule has 1 aliphatic heterocycles. The third-order valence-electron chi connectivity index (χ3n) is 4.38. The summed E-state index contributed by atoms with van der Waals surface area (Å²) in [5.41, 5.74) is 8.16. The molecule has 0 saturated carbocycles. The molecule has 3 rings (SSSR count). The second kappa shape index (κ2) is 6.36. The number of nitrogens with two attached hydrogens (primary N) is 1. The highest BCUT2D eigenvalue weighted by atomic mass is 35.5. The molecule has 0 aliphatic carbocycles. The summed E-state index contributed by atoms with van der Waals surface area (Å²) < 4.78 is 5.57. The van der Waals surface area contributed by atoms with E-state index < -0.39 is 0 Å². The van der Waals surface area contributed by atoms with E-state index in [0.29, 0.717) is 11.6 Å². The van der Waals surface area contributed by atoms with Crippen LogP contribution in [0.4, 0.5) is 10.5 Å². The van der Waals surface area contributed by atoms with Crippen LogP contribution in [0, 0.1) is 0 Å². The van der Waals surface area contributed by atoms with E-state index in [1.807, 2.05) is 62.4 Å². The van der Waals surface area contributed by atoms with Crippen LogP contribution in [0.1, 0.15) is 31.1 Å². The predicted molar refractivity (Wildman–Crippen MR) is 96.0 cm³/mol. The fourth-order valence-electron chi connectivity index (χ4n) is 3.07. The molecule has 126 valence electrons. The summed E-state index contributed by atoms with van der Waals surface area (Å²) in [6.45, 7) is 4.61. The van der Waals surface area contributed by atoms with Crippen molar-refractivity contribution in [2.45, 2.75) is 31.9 Å². The van der Waals surface area contributed by atoms with Crippen LogP contribution in [0.5, 0.6) is 0 Å². The zero-order valence-corrected chi connectivity index (χ0v) is 14.6. The zero-order valence-electron chi connectivity index (χ0n) is 13.8. The second-order valence-electron chi connectivity index (χ2n) is 6.77. The number of anilines is 1. The number of nitrogens with zero attached hydrogens (tertiary/aromatic N) is 1. The van der Waals surface area contributed by atoms with Crippen molar-refractivity contribution in [3.8, 4) is 0 Å². The molecule has 0 spiro atoms. The number of cyclic esters (lactones) is 1. The van der Waals surface area contributed by atoms with Crippen molar-refractivity contribution >= 4 is 23.4 Å². The number of hydrogen-bond donors (Lipinski definition) is 1. The second-order valence-corrected chi connectivity index (χ2v) is 7.21. The molecule has 1 atom stereocenters. The van der Waals surface area contributed by atoms with E-state index in [4.69, 9.17) is 22.1 Å². The Kier molecular flexibility index (Phi) is 4.41. The zero-order chi connectivity index (χ0) is 17.3. The molecule has 1 amide bonds. The average molecular weight is 345 g/mol. The normalized spacial score (nSPS) is 17.9. The first-order valence-electron chi connectivity index (χ1n) is 7.93. The first-order chi connectivity index (χ1) is 11.3. The molecule has 0 bridgehead atoms. The maximum absolute atomic E-state index is 12.4. The van der Waals surface area contributed by atoms with Crippen LogP contribution in [0.15, 0.2) is 48.5 Å². The fraction of sp³-hybridized carbons (Fsp3) is 0.316. The molecular weight excluding hydrogens is 324 g/mol. The first kappa shape index (κ1) is 16.7. The van der Waals surface area contributed by atoms with Gasteiger partial charge in [0.15, 0.2) is 0 Å². The molecule has 1 saturated heterocycles. The van der Waals surface area contributed by atoms with Crippen LogP contribution in [-0.2, 0) is 11.2 Å². The Morgan fingerprint density at radius 2 is 1.96 bits per heavy atom.